The highest BCUT2D eigenvalue weighted by atomic mass is 35.5. The molecule has 0 atom stereocenters. The van der Waals surface area contributed by atoms with Gasteiger partial charge in [-0.1, -0.05) is 11.6 Å². The van der Waals surface area contributed by atoms with E-state index in [9.17, 15) is 19.7 Å². The zero-order chi connectivity index (χ0) is 18.4. The number of hydrogen-bond donors (Lipinski definition) is 1. The van der Waals surface area contributed by atoms with E-state index >= 15 is 0 Å². The minimum absolute atomic E-state index is 0.0789. The van der Waals surface area contributed by atoms with E-state index in [0.29, 0.717) is 10.6 Å². The summed E-state index contributed by atoms with van der Waals surface area (Å²) in [6.45, 7) is 0.275. The Morgan fingerprint density at radius 1 is 1.36 bits per heavy atom. The lowest BCUT2D eigenvalue weighted by Crippen LogP contribution is -2.31. The zero-order valence-electron chi connectivity index (χ0n) is 13.4. The SMILES string of the molecule is CN(Cc1cc([N+](=O)[O-])ccc1Cl)C(=O)CCNC(=O)c1ccco1. The number of benzene rings is 1. The molecule has 8 nitrogen and oxygen atoms in total. The molecule has 0 aliphatic heterocycles. The first-order valence-corrected chi connectivity index (χ1v) is 7.74. The molecule has 0 saturated heterocycles. The normalized spacial score (nSPS) is 10.3. The minimum Gasteiger partial charge on any atom is -0.459 e. The fraction of sp³-hybridized carbons (Fsp3) is 0.250. The fourth-order valence-electron chi connectivity index (χ4n) is 2.11. The zero-order valence-corrected chi connectivity index (χ0v) is 14.2. The van der Waals surface area contributed by atoms with Crippen LogP contribution in [0.4, 0.5) is 5.69 Å². The number of nitro groups is 1. The summed E-state index contributed by atoms with van der Waals surface area (Å²) in [5.41, 5.74) is 0.386. The topological polar surface area (TPSA) is 106 Å². The van der Waals surface area contributed by atoms with Crippen LogP contribution in [0.15, 0.2) is 41.0 Å². The quantitative estimate of drug-likeness (QED) is 0.599. The maximum absolute atomic E-state index is 12.1. The highest BCUT2D eigenvalue weighted by Crippen LogP contribution is 2.23. The number of non-ortho nitro benzene ring substituents is 1. The van der Waals surface area contributed by atoms with Crippen molar-refractivity contribution in [3.63, 3.8) is 0 Å². The molecular weight excluding hydrogens is 350 g/mol. The van der Waals surface area contributed by atoms with Gasteiger partial charge in [0, 0.05) is 43.7 Å². The molecule has 0 aliphatic rings. The van der Waals surface area contributed by atoms with Gasteiger partial charge >= 0.3 is 0 Å². The molecular formula is C16H16ClN3O5. The molecule has 2 amide bonds. The first-order valence-electron chi connectivity index (χ1n) is 7.37. The number of halogens is 1. The average molecular weight is 366 g/mol. The van der Waals surface area contributed by atoms with E-state index in [1.54, 1.807) is 13.1 Å². The van der Waals surface area contributed by atoms with Crippen LogP contribution in [0.2, 0.25) is 5.02 Å². The Morgan fingerprint density at radius 3 is 2.76 bits per heavy atom. The van der Waals surface area contributed by atoms with Gasteiger partial charge < -0.3 is 14.6 Å². The minimum atomic E-state index is -0.522. The van der Waals surface area contributed by atoms with E-state index in [2.05, 4.69) is 5.32 Å². The Balaban J connectivity index is 1.87. The van der Waals surface area contributed by atoms with Crippen molar-refractivity contribution < 1.29 is 18.9 Å². The van der Waals surface area contributed by atoms with Gasteiger partial charge in [-0.15, -0.1) is 0 Å². The number of carbonyl (C=O) groups excluding carboxylic acids is 2. The summed E-state index contributed by atoms with van der Waals surface area (Å²) in [7, 11) is 1.56. The highest BCUT2D eigenvalue weighted by molar-refractivity contribution is 6.31. The molecule has 0 unspecified atom stereocenters. The van der Waals surface area contributed by atoms with Crippen LogP contribution >= 0.6 is 11.6 Å². The molecule has 0 aliphatic carbocycles. The first kappa shape index (κ1) is 18.5. The second-order valence-electron chi connectivity index (χ2n) is 5.27. The van der Waals surface area contributed by atoms with Crippen LogP contribution in [0.1, 0.15) is 22.5 Å². The number of nitrogens with zero attached hydrogens (tertiary/aromatic N) is 2. The molecule has 9 heteroatoms. The molecule has 25 heavy (non-hydrogen) atoms. The van der Waals surface area contributed by atoms with E-state index in [-0.39, 0.29) is 36.9 Å². The summed E-state index contributed by atoms with van der Waals surface area (Å²) < 4.78 is 4.95. The molecule has 0 spiro atoms. The van der Waals surface area contributed by atoms with Crippen LogP contribution in [0.25, 0.3) is 0 Å². The summed E-state index contributed by atoms with van der Waals surface area (Å²) in [5.74, 6) is -0.464. The third-order valence-corrected chi connectivity index (χ3v) is 3.81. The van der Waals surface area contributed by atoms with Crippen molar-refractivity contribution in [3.8, 4) is 0 Å². The second-order valence-corrected chi connectivity index (χ2v) is 5.67. The van der Waals surface area contributed by atoms with E-state index < -0.39 is 10.8 Å². The Labute approximate surface area is 148 Å². The van der Waals surface area contributed by atoms with Crippen molar-refractivity contribution in [1.82, 2.24) is 10.2 Å². The molecule has 0 saturated carbocycles. The van der Waals surface area contributed by atoms with Crippen LogP contribution in [0.3, 0.4) is 0 Å². The molecule has 0 radical (unpaired) electrons. The van der Waals surface area contributed by atoms with E-state index in [4.69, 9.17) is 16.0 Å². The maximum Gasteiger partial charge on any atom is 0.286 e. The monoisotopic (exact) mass is 365 g/mol. The highest BCUT2D eigenvalue weighted by Gasteiger charge is 2.15. The van der Waals surface area contributed by atoms with Gasteiger partial charge in [-0.05, 0) is 23.8 Å². The first-order chi connectivity index (χ1) is 11.9. The number of nitrogens with one attached hydrogen (secondary N) is 1. The lowest BCUT2D eigenvalue weighted by Gasteiger charge is -2.18. The second kappa shape index (κ2) is 8.29. The Bertz CT molecular complexity index is 776. The lowest BCUT2D eigenvalue weighted by molar-refractivity contribution is -0.384. The molecule has 2 rings (SSSR count). The van der Waals surface area contributed by atoms with E-state index in [0.717, 1.165) is 0 Å². The predicted molar refractivity (Wildman–Crippen MR) is 90.2 cm³/mol. The number of hydrogen-bond acceptors (Lipinski definition) is 5. The number of carbonyl (C=O) groups is 2. The summed E-state index contributed by atoms with van der Waals surface area (Å²) in [4.78, 5) is 35.5. The van der Waals surface area contributed by atoms with Crippen molar-refractivity contribution >= 4 is 29.1 Å². The van der Waals surface area contributed by atoms with Crippen molar-refractivity contribution in [3.05, 3.63) is 63.1 Å². The van der Waals surface area contributed by atoms with E-state index in [1.165, 1.54) is 35.4 Å². The van der Waals surface area contributed by atoms with Crippen LogP contribution in [-0.2, 0) is 11.3 Å². The fourth-order valence-corrected chi connectivity index (χ4v) is 2.29. The molecule has 132 valence electrons. The van der Waals surface area contributed by atoms with Gasteiger partial charge in [0.25, 0.3) is 11.6 Å². The molecule has 2 aromatic rings. The third kappa shape index (κ3) is 5.05. The standard InChI is InChI=1S/C16H16ClN3O5/c1-19(10-11-9-12(20(23)24)4-5-13(11)17)15(21)6-7-18-16(22)14-3-2-8-25-14/h2-5,8-9H,6-7,10H2,1H3,(H,18,22). The molecule has 0 bridgehead atoms. The van der Waals surface area contributed by atoms with Crippen molar-refractivity contribution in [2.45, 2.75) is 13.0 Å². The Kier molecular flexibility index (Phi) is 6.13. The van der Waals surface area contributed by atoms with Crippen molar-refractivity contribution in [2.24, 2.45) is 0 Å². The molecule has 1 aromatic heterocycles. The van der Waals surface area contributed by atoms with E-state index in [1.807, 2.05) is 0 Å². The molecule has 1 N–H and O–H groups in total. The number of rotatable bonds is 7. The molecule has 0 fully saturated rings. The van der Waals surface area contributed by atoms with Crippen LogP contribution < -0.4 is 5.32 Å². The Morgan fingerprint density at radius 2 is 2.12 bits per heavy atom. The molecule has 1 aromatic carbocycles. The van der Waals surface area contributed by atoms with Gasteiger partial charge in [-0.25, -0.2) is 0 Å². The van der Waals surface area contributed by atoms with Crippen LogP contribution in [0.5, 0.6) is 0 Å². The van der Waals surface area contributed by atoms with Crippen LogP contribution in [0, 0.1) is 10.1 Å². The summed E-state index contributed by atoms with van der Waals surface area (Å²) >= 11 is 6.02. The maximum atomic E-state index is 12.1. The van der Waals surface area contributed by atoms with Crippen molar-refractivity contribution in [2.75, 3.05) is 13.6 Å². The van der Waals surface area contributed by atoms with Crippen LogP contribution in [-0.4, -0.2) is 35.2 Å². The van der Waals surface area contributed by atoms with Gasteiger partial charge in [0.2, 0.25) is 5.91 Å². The summed E-state index contributed by atoms with van der Waals surface area (Å²) in [6, 6.07) is 7.18. The summed E-state index contributed by atoms with van der Waals surface area (Å²) in [5, 5.41) is 13.7. The Hall–Kier alpha value is -2.87. The van der Waals surface area contributed by atoms with Gasteiger partial charge in [-0.3, -0.25) is 19.7 Å². The van der Waals surface area contributed by atoms with Gasteiger partial charge in [0.1, 0.15) is 0 Å². The van der Waals surface area contributed by atoms with Gasteiger partial charge in [0.15, 0.2) is 5.76 Å². The van der Waals surface area contributed by atoms with Gasteiger partial charge in [-0.2, -0.15) is 0 Å². The number of amides is 2. The summed E-state index contributed by atoms with van der Waals surface area (Å²) in [6.07, 6.45) is 1.46. The predicted octanol–water partition coefficient (Wildman–Crippen LogP) is 2.62. The smallest absolute Gasteiger partial charge is 0.286 e. The number of nitro benzene ring substituents is 1. The van der Waals surface area contributed by atoms with Crippen molar-refractivity contribution in [1.29, 1.82) is 0 Å². The molecule has 1 heterocycles. The average Bonchev–Trinajstić information content (AvgIpc) is 3.10. The largest absolute Gasteiger partial charge is 0.459 e. The van der Waals surface area contributed by atoms with Gasteiger partial charge in [0.05, 0.1) is 11.2 Å². The lowest BCUT2D eigenvalue weighted by atomic mass is 10.2. The number of furan rings is 1. The third-order valence-electron chi connectivity index (χ3n) is 3.44.